The molecule has 1 aliphatic rings. The van der Waals surface area contributed by atoms with Crippen molar-refractivity contribution < 1.29 is 4.39 Å². The molecule has 1 aromatic carbocycles. The van der Waals surface area contributed by atoms with Crippen molar-refractivity contribution in [2.45, 2.75) is 25.3 Å². The van der Waals surface area contributed by atoms with E-state index in [0.717, 1.165) is 25.1 Å². The second-order valence-electron chi connectivity index (χ2n) is 5.40. The first-order valence-electron chi connectivity index (χ1n) is 6.93. The summed E-state index contributed by atoms with van der Waals surface area (Å²) in [6, 6.07) is 4.98. The van der Waals surface area contributed by atoms with E-state index in [0.29, 0.717) is 10.9 Å². The molecule has 4 heteroatoms. The fourth-order valence-electron chi connectivity index (χ4n) is 3.13. The predicted molar refractivity (Wildman–Crippen MR) is 78.0 cm³/mol. The number of benzene rings is 1. The van der Waals surface area contributed by atoms with Crippen LogP contribution >= 0.6 is 11.6 Å². The first-order chi connectivity index (χ1) is 9.13. The highest BCUT2D eigenvalue weighted by Gasteiger charge is 2.30. The lowest BCUT2D eigenvalue weighted by atomic mass is 9.89. The molecule has 2 rings (SSSR count). The van der Waals surface area contributed by atoms with E-state index in [4.69, 9.17) is 11.6 Å². The molecule has 106 valence electrons. The Labute approximate surface area is 119 Å². The molecule has 0 aliphatic carbocycles. The molecule has 1 saturated heterocycles. The third-order valence-corrected chi connectivity index (χ3v) is 4.24. The van der Waals surface area contributed by atoms with Gasteiger partial charge in [0, 0.05) is 16.6 Å². The van der Waals surface area contributed by atoms with E-state index < -0.39 is 0 Å². The van der Waals surface area contributed by atoms with Crippen LogP contribution in [0.15, 0.2) is 18.2 Å². The number of nitrogens with zero attached hydrogens (tertiary/aromatic N) is 1. The maximum absolute atomic E-state index is 14.2. The van der Waals surface area contributed by atoms with Gasteiger partial charge in [-0.15, -0.1) is 0 Å². The van der Waals surface area contributed by atoms with Gasteiger partial charge in [-0.25, -0.2) is 4.39 Å². The Balaban J connectivity index is 2.36. The maximum atomic E-state index is 14.2. The van der Waals surface area contributed by atoms with Crippen LogP contribution in [0.2, 0.25) is 5.02 Å². The summed E-state index contributed by atoms with van der Waals surface area (Å²) in [6.07, 6.45) is 3.51. The highest BCUT2D eigenvalue weighted by molar-refractivity contribution is 6.30. The van der Waals surface area contributed by atoms with E-state index in [9.17, 15) is 4.39 Å². The van der Waals surface area contributed by atoms with Gasteiger partial charge in [0.2, 0.25) is 0 Å². The van der Waals surface area contributed by atoms with Crippen LogP contribution in [0.5, 0.6) is 0 Å². The summed E-state index contributed by atoms with van der Waals surface area (Å²) in [5, 5.41) is 3.85. The van der Waals surface area contributed by atoms with Crippen molar-refractivity contribution in [1.29, 1.82) is 0 Å². The Bertz CT molecular complexity index is 425. The molecule has 2 unspecified atom stereocenters. The molecule has 0 radical (unpaired) electrons. The highest BCUT2D eigenvalue weighted by Crippen LogP contribution is 2.36. The number of likely N-dealkylation sites (tertiary alicyclic amines) is 1. The third kappa shape index (κ3) is 3.47. The Kier molecular flexibility index (Phi) is 5.20. The number of halogens is 2. The van der Waals surface area contributed by atoms with Gasteiger partial charge in [-0.2, -0.15) is 0 Å². The van der Waals surface area contributed by atoms with Crippen LogP contribution in [0, 0.1) is 11.7 Å². The molecule has 1 N–H and O–H groups in total. The van der Waals surface area contributed by atoms with E-state index in [-0.39, 0.29) is 11.9 Å². The molecule has 1 aliphatic heterocycles. The zero-order valence-corrected chi connectivity index (χ0v) is 12.4. The Hall–Kier alpha value is -0.640. The van der Waals surface area contributed by atoms with Gasteiger partial charge < -0.3 is 5.32 Å². The summed E-state index contributed by atoms with van der Waals surface area (Å²) >= 11 is 6.05. The van der Waals surface area contributed by atoms with Crippen LogP contribution in [0.4, 0.5) is 4.39 Å². The SMILES string of the molecule is CNCC1CCCCN(C)C1c1cc(Cl)ccc1F. The summed E-state index contributed by atoms with van der Waals surface area (Å²) in [5.41, 5.74) is 0.733. The van der Waals surface area contributed by atoms with Crippen LogP contribution in [-0.2, 0) is 0 Å². The van der Waals surface area contributed by atoms with Crippen LogP contribution in [0.3, 0.4) is 0 Å². The summed E-state index contributed by atoms with van der Waals surface area (Å²) in [5.74, 6) is 0.273. The summed E-state index contributed by atoms with van der Waals surface area (Å²) in [7, 11) is 4.04. The van der Waals surface area contributed by atoms with Gasteiger partial charge >= 0.3 is 0 Å². The predicted octanol–water partition coefficient (Wildman–Crippen LogP) is 3.47. The first kappa shape index (κ1) is 14.8. The van der Waals surface area contributed by atoms with Gasteiger partial charge in [0.15, 0.2) is 0 Å². The van der Waals surface area contributed by atoms with Crippen molar-refractivity contribution in [3.8, 4) is 0 Å². The lowest BCUT2D eigenvalue weighted by Gasteiger charge is -2.33. The molecular formula is C15H22ClFN2. The average molecular weight is 285 g/mol. The van der Waals surface area contributed by atoms with Gasteiger partial charge in [0.25, 0.3) is 0 Å². The fourth-order valence-corrected chi connectivity index (χ4v) is 3.31. The zero-order chi connectivity index (χ0) is 13.8. The minimum atomic E-state index is -0.149. The Morgan fingerprint density at radius 3 is 2.95 bits per heavy atom. The van der Waals surface area contributed by atoms with Crippen molar-refractivity contribution in [3.63, 3.8) is 0 Å². The van der Waals surface area contributed by atoms with Gasteiger partial charge in [-0.1, -0.05) is 18.0 Å². The van der Waals surface area contributed by atoms with Crippen molar-refractivity contribution in [2.75, 3.05) is 27.2 Å². The average Bonchev–Trinajstić information content (AvgIpc) is 2.55. The molecule has 1 fully saturated rings. The lowest BCUT2D eigenvalue weighted by Crippen LogP contribution is -2.34. The first-order valence-corrected chi connectivity index (χ1v) is 7.31. The zero-order valence-electron chi connectivity index (χ0n) is 11.6. The Morgan fingerprint density at radius 1 is 1.42 bits per heavy atom. The molecule has 0 amide bonds. The maximum Gasteiger partial charge on any atom is 0.128 e. The monoisotopic (exact) mass is 284 g/mol. The lowest BCUT2D eigenvalue weighted by molar-refractivity contribution is 0.186. The quantitative estimate of drug-likeness (QED) is 0.914. The number of nitrogens with one attached hydrogen (secondary N) is 1. The number of hydrogen-bond acceptors (Lipinski definition) is 2. The van der Waals surface area contributed by atoms with Gasteiger partial charge in [-0.3, -0.25) is 4.90 Å². The van der Waals surface area contributed by atoms with E-state index in [1.165, 1.54) is 18.9 Å². The van der Waals surface area contributed by atoms with Gasteiger partial charge in [0.1, 0.15) is 5.82 Å². The van der Waals surface area contributed by atoms with E-state index in [1.54, 1.807) is 12.1 Å². The molecule has 0 spiro atoms. The van der Waals surface area contributed by atoms with Crippen LogP contribution in [0.1, 0.15) is 30.9 Å². The second kappa shape index (κ2) is 6.69. The fraction of sp³-hybridized carbons (Fsp3) is 0.600. The van der Waals surface area contributed by atoms with E-state index >= 15 is 0 Å². The molecule has 1 aromatic rings. The van der Waals surface area contributed by atoms with Crippen LogP contribution in [0.25, 0.3) is 0 Å². The molecule has 2 nitrogen and oxygen atoms in total. The summed E-state index contributed by atoms with van der Waals surface area (Å²) < 4.78 is 14.2. The van der Waals surface area contributed by atoms with Crippen LogP contribution in [-0.4, -0.2) is 32.1 Å². The third-order valence-electron chi connectivity index (χ3n) is 4.00. The molecule has 1 heterocycles. The van der Waals surface area contributed by atoms with E-state index in [2.05, 4.69) is 17.3 Å². The normalized spacial score (nSPS) is 25.3. The largest absolute Gasteiger partial charge is 0.319 e. The van der Waals surface area contributed by atoms with Crippen LogP contribution < -0.4 is 5.32 Å². The standard InChI is InChI=1S/C15H22ClFN2/c1-18-10-11-5-3-4-8-19(2)15(11)13-9-12(16)6-7-14(13)17/h6-7,9,11,15,18H,3-5,8,10H2,1-2H3. The molecular weight excluding hydrogens is 263 g/mol. The molecule has 0 bridgehead atoms. The molecule has 2 atom stereocenters. The molecule has 0 saturated carbocycles. The van der Waals surface area contributed by atoms with E-state index in [1.807, 2.05) is 7.05 Å². The highest BCUT2D eigenvalue weighted by atomic mass is 35.5. The minimum absolute atomic E-state index is 0.105. The Morgan fingerprint density at radius 2 is 2.21 bits per heavy atom. The summed E-state index contributed by atoms with van der Waals surface area (Å²) in [6.45, 7) is 1.91. The summed E-state index contributed by atoms with van der Waals surface area (Å²) in [4.78, 5) is 2.27. The minimum Gasteiger partial charge on any atom is -0.319 e. The molecule has 19 heavy (non-hydrogen) atoms. The second-order valence-corrected chi connectivity index (χ2v) is 5.84. The van der Waals surface area contributed by atoms with Crippen molar-refractivity contribution in [2.24, 2.45) is 5.92 Å². The topological polar surface area (TPSA) is 15.3 Å². The van der Waals surface area contributed by atoms with Crippen molar-refractivity contribution >= 4 is 11.6 Å². The number of hydrogen-bond donors (Lipinski definition) is 1. The van der Waals surface area contributed by atoms with Gasteiger partial charge in [-0.05, 0) is 64.1 Å². The number of rotatable bonds is 3. The smallest absolute Gasteiger partial charge is 0.128 e. The van der Waals surface area contributed by atoms with Crippen molar-refractivity contribution in [3.05, 3.63) is 34.6 Å². The molecule has 0 aromatic heterocycles. The van der Waals surface area contributed by atoms with Crippen molar-refractivity contribution in [1.82, 2.24) is 10.2 Å². The van der Waals surface area contributed by atoms with Gasteiger partial charge in [0.05, 0.1) is 0 Å².